The molecule has 23 heavy (non-hydrogen) atoms. The summed E-state index contributed by atoms with van der Waals surface area (Å²) in [7, 11) is 0. The summed E-state index contributed by atoms with van der Waals surface area (Å²) in [5, 5.41) is 7.33. The molecule has 0 spiro atoms. The minimum Gasteiger partial charge on any atom is -0.348 e. The topological polar surface area (TPSA) is 72.9 Å². The Kier molecular flexibility index (Phi) is 7.26. The van der Waals surface area contributed by atoms with Crippen LogP contribution >= 0.6 is 12.4 Å². The van der Waals surface area contributed by atoms with Gasteiger partial charge in [-0.15, -0.1) is 12.4 Å². The molecule has 3 N–H and O–H groups in total. The Morgan fingerprint density at radius 2 is 1.96 bits per heavy atom. The molecule has 1 heterocycles. The van der Waals surface area contributed by atoms with E-state index in [0.29, 0.717) is 18.0 Å². The van der Waals surface area contributed by atoms with Gasteiger partial charge in [0.2, 0.25) is 0 Å². The number of amides is 1. The summed E-state index contributed by atoms with van der Waals surface area (Å²) >= 11 is 0. The van der Waals surface area contributed by atoms with Crippen molar-refractivity contribution in [1.29, 1.82) is 0 Å². The van der Waals surface area contributed by atoms with Crippen molar-refractivity contribution in [3.05, 3.63) is 47.8 Å². The number of nitrogens with zero attached hydrogens (tertiary/aromatic N) is 2. The van der Waals surface area contributed by atoms with E-state index >= 15 is 0 Å². The van der Waals surface area contributed by atoms with E-state index in [0.717, 1.165) is 17.8 Å². The van der Waals surface area contributed by atoms with Crippen molar-refractivity contribution in [2.75, 3.05) is 6.54 Å². The number of aromatic nitrogens is 2. The average Bonchev–Trinajstić information content (AvgIpc) is 2.88. The first-order valence-corrected chi connectivity index (χ1v) is 7.64. The third-order valence-corrected chi connectivity index (χ3v) is 3.63. The van der Waals surface area contributed by atoms with Crippen LogP contribution in [0.25, 0.3) is 5.69 Å². The van der Waals surface area contributed by atoms with Crippen molar-refractivity contribution in [1.82, 2.24) is 15.1 Å². The van der Waals surface area contributed by atoms with Crippen LogP contribution in [0.3, 0.4) is 0 Å². The maximum absolute atomic E-state index is 12.4. The molecule has 0 aliphatic rings. The fourth-order valence-corrected chi connectivity index (χ4v) is 2.51. The molecule has 0 saturated carbocycles. The predicted molar refractivity (Wildman–Crippen MR) is 95.3 cm³/mol. The van der Waals surface area contributed by atoms with Gasteiger partial charge in [-0.05, 0) is 31.4 Å². The quantitative estimate of drug-likeness (QED) is 0.851. The molecule has 1 unspecified atom stereocenters. The number of carbonyl (C=O) groups excluding carboxylic acids is 1. The van der Waals surface area contributed by atoms with Crippen LogP contribution in [0.5, 0.6) is 0 Å². The Morgan fingerprint density at radius 3 is 2.52 bits per heavy atom. The summed E-state index contributed by atoms with van der Waals surface area (Å²) in [5.41, 5.74) is 8.10. The molecular formula is C17H25ClN4O. The molecule has 0 bridgehead atoms. The zero-order chi connectivity index (χ0) is 16.1. The molecule has 1 amide bonds. The Labute approximate surface area is 143 Å². The van der Waals surface area contributed by atoms with E-state index in [1.54, 1.807) is 10.9 Å². The number of carbonyl (C=O) groups is 1. The van der Waals surface area contributed by atoms with Crippen LogP contribution in [0.4, 0.5) is 0 Å². The first kappa shape index (κ1) is 19.2. The maximum atomic E-state index is 12.4. The molecule has 0 fully saturated rings. The van der Waals surface area contributed by atoms with Gasteiger partial charge in [0.15, 0.2) is 0 Å². The van der Waals surface area contributed by atoms with E-state index in [2.05, 4.69) is 24.3 Å². The Bertz CT molecular complexity index is 625. The van der Waals surface area contributed by atoms with Gasteiger partial charge in [0, 0.05) is 12.6 Å². The molecule has 0 saturated heterocycles. The van der Waals surface area contributed by atoms with Crippen molar-refractivity contribution < 1.29 is 4.79 Å². The normalized spacial score (nSPS) is 11.9. The lowest BCUT2D eigenvalue weighted by atomic mass is 10.0. The minimum absolute atomic E-state index is 0. The molecule has 6 heteroatoms. The zero-order valence-electron chi connectivity index (χ0n) is 13.8. The van der Waals surface area contributed by atoms with Crippen LogP contribution in [-0.2, 0) is 0 Å². The molecule has 5 nitrogen and oxygen atoms in total. The second-order valence-corrected chi connectivity index (χ2v) is 5.93. The van der Waals surface area contributed by atoms with Crippen LogP contribution in [-0.4, -0.2) is 28.3 Å². The number of benzene rings is 1. The fourth-order valence-electron chi connectivity index (χ4n) is 2.51. The summed E-state index contributed by atoms with van der Waals surface area (Å²) in [6.07, 6.45) is 2.48. The van der Waals surface area contributed by atoms with Gasteiger partial charge < -0.3 is 11.1 Å². The first-order chi connectivity index (χ1) is 10.5. The predicted octanol–water partition coefficient (Wildman–Crippen LogP) is 2.71. The summed E-state index contributed by atoms with van der Waals surface area (Å²) in [5.74, 6) is 0.373. The standard InChI is InChI=1S/C17H24N4O.ClH/c1-12(2)9-14(10-18)20-17(22)16-11-19-21(13(16)3)15-7-5-4-6-8-15;/h4-8,11-12,14H,9-10,18H2,1-3H3,(H,20,22);1H. The van der Waals surface area contributed by atoms with E-state index < -0.39 is 0 Å². The number of rotatable bonds is 6. The van der Waals surface area contributed by atoms with E-state index in [4.69, 9.17) is 5.73 Å². The number of hydrogen-bond acceptors (Lipinski definition) is 3. The highest BCUT2D eigenvalue weighted by molar-refractivity contribution is 5.95. The van der Waals surface area contributed by atoms with Crippen molar-refractivity contribution >= 4 is 18.3 Å². The maximum Gasteiger partial charge on any atom is 0.255 e. The third kappa shape index (κ3) is 4.81. The van der Waals surface area contributed by atoms with Crippen LogP contribution in [0.1, 0.15) is 36.3 Å². The Balaban J connectivity index is 0.00000264. The van der Waals surface area contributed by atoms with Crippen LogP contribution < -0.4 is 11.1 Å². The van der Waals surface area contributed by atoms with Gasteiger partial charge in [0.25, 0.3) is 5.91 Å². The molecule has 0 aliphatic carbocycles. The highest BCUT2D eigenvalue weighted by atomic mass is 35.5. The Hall–Kier alpha value is -1.85. The van der Waals surface area contributed by atoms with E-state index in [1.807, 2.05) is 37.3 Å². The summed E-state index contributed by atoms with van der Waals surface area (Å²) in [6, 6.07) is 9.76. The molecule has 1 aromatic carbocycles. The van der Waals surface area contributed by atoms with E-state index in [9.17, 15) is 4.79 Å². The molecule has 1 atom stereocenters. The average molecular weight is 337 g/mol. The van der Waals surface area contributed by atoms with Gasteiger partial charge in [-0.1, -0.05) is 32.0 Å². The molecule has 126 valence electrons. The second-order valence-electron chi connectivity index (χ2n) is 5.93. The van der Waals surface area contributed by atoms with E-state index in [1.165, 1.54) is 0 Å². The molecule has 2 rings (SSSR count). The fraction of sp³-hybridized carbons (Fsp3) is 0.412. The lowest BCUT2D eigenvalue weighted by molar-refractivity contribution is 0.0933. The molecule has 0 aliphatic heterocycles. The zero-order valence-corrected chi connectivity index (χ0v) is 14.6. The number of hydrogen-bond donors (Lipinski definition) is 2. The Morgan fingerprint density at radius 1 is 1.30 bits per heavy atom. The van der Waals surface area contributed by atoms with Crippen LogP contribution in [0.2, 0.25) is 0 Å². The monoisotopic (exact) mass is 336 g/mol. The van der Waals surface area contributed by atoms with Crippen molar-refractivity contribution in [2.45, 2.75) is 33.2 Å². The summed E-state index contributed by atoms with van der Waals surface area (Å²) in [4.78, 5) is 12.4. The van der Waals surface area contributed by atoms with Crippen molar-refractivity contribution in [3.8, 4) is 5.69 Å². The van der Waals surface area contributed by atoms with Gasteiger partial charge in [0.05, 0.1) is 23.1 Å². The van der Waals surface area contributed by atoms with E-state index in [-0.39, 0.29) is 24.4 Å². The smallest absolute Gasteiger partial charge is 0.255 e. The van der Waals surface area contributed by atoms with Gasteiger partial charge in [-0.3, -0.25) is 4.79 Å². The lowest BCUT2D eigenvalue weighted by Crippen LogP contribution is -2.41. The number of halogens is 1. The molecule has 2 aromatic rings. The second kappa shape index (κ2) is 8.70. The number of nitrogens with two attached hydrogens (primary N) is 1. The van der Waals surface area contributed by atoms with Crippen LogP contribution in [0, 0.1) is 12.8 Å². The molecule has 0 radical (unpaired) electrons. The SMILES string of the molecule is Cc1c(C(=O)NC(CN)CC(C)C)cnn1-c1ccccc1.Cl. The van der Waals surface area contributed by atoms with Crippen molar-refractivity contribution in [2.24, 2.45) is 11.7 Å². The van der Waals surface area contributed by atoms with Gasteiger partial charge >= 0.3 is 0 Å². The highest BCUT2D eigenvalue weighted by Gasteiger charge is 2.18. The third-order valence-electron chi connectivity index (χ3n) is 3.63. The first-order valence-electron chi connectivity index (χ1n) is 7.64. The van der Waals surface area contributed by atoms with Gasteiger partial charge in [0.1, 0.15) is 0 Å². The number of para-hydroxylation sites is 1. The summed E-state index contributed by atoms with van der Waals surface area (Å²) < 4.78 is 1.77. The lowest BCUT2D eigenvalue weighted by Gasteiger charge is -2.18. The summed E-state index contributed by atoms with van der Waals surface area (Å²) in [6.45, 7) is 6.57. The van der Waals surface area contributed by atoms with Gasteiger partial charge in [-0.25, -0.2) is 4.68 Å². The minimum atomic E-state index is -0.115. The van der Waals surface area contributed by atoms with Crippen molar-refractivity contribution in [3.63, 3.8) is 0 Å². The molecule has 1 aromatic heterocycles. The largest absolute Gasteiger partial charge is 0.348 e. The van der Waals surface area contributed by atoms with Gasteiger partial charge in [-0.2, -0.15) is 5.10 Å². The number of nitrogens with one attached hydrogen (secondary N) is 1. The highest BCUT2D eigenvalue weighted by Crippen LogP contribution is 2.14. The molecular weight excluding hydrogens is 312 g/mol. The van der Waals surface area contributed by atoms with Crippen LogP contribution in [0.15, 0.2) is 36.5 Å².